The zero-order valence-corrected chi connectivity index (χ0v) is 20.4. The van der Waals surface area contributed by atoms with Gasteiger partial charge in [0.1, 0.15) is 28.7 Å². The van der Waals surface area contributed by atoms with E-state index in [1.54, 1.807) is 49.3 Å². The van der Waals surface area contributed by atoms with Gasteiger partial charge in [-0.15, -0.1) is 0 Å². The largest absolute Gasteiger partial charge is 0.496 e. The van der Waals surface area contributed by atoms with Crippen molar-refractivity contribution >= 4 is 28.0 Å². The predicted molar refractivity (Wildman–Crippen MR) is 126 cm³/mol. The van der Waals surface area contributed by atoms with Crippen molar-refractivity contribution < 1.29 is 32.2 Å². The summed E-state index contributed by atoms with van der Waals surface area (Å²) in [5, 5.41) is 0. The summed E-state index contributed by atoms with van der Waals surface area (Å²) in [5.41, 5.74) is 0.645. The standard InChI is InChI=1S/C22H29N3O7S/c1-24(2)15-22(26)25(18-9-7-8-10-19(18)30-4)33(27,28)23-12-11-17-20(31-5)13-16(29-3)14-21(17)32-6/h7-10,12-14H,11,15H2,1-6H3. The van der Waals surface area contributed by atoms with Crippen molar-refractivity contribution in [1.29, 1.82) is 0 Å². The number of hydrogen-bond acceptors (Lipinski definition) is 8. The van der Waals surface area contributed by atoms with E-state index >= 15 is 0 Å². The van der Waals surface area contributed by atoms with Gasteiger partial charge in [-0.1, -0.05) is 12.1 Å². The van der Waals surface area contributed by atoms with E-state index in [0.29, 0.717) is 27.1 Å². The van der Waals surface area contributed by atoms with Crippen LogP contribution in [0.2, 0.25) is 0 Å². The summed E-state index contributed by atoms with van der Waals surface area (Å²) in [6, 6.07) is 9.64. The van der Waals surface area contributed by atoms with Crippen LogP contribution < -0.4 is 23.3 Å². The smallest absolute Gasteiger partial charge is 0.351 e. The van der Waals surface area contributed by atoms with Gasteiger partial charge in [0.15, 0.2) is 0 Å². The van der Waals surface area contributed by atoms with E-state index in [-0.39, 0.29) is 24.4 Å². The maximum absolute atomic E-state index is 13.2. The fourth-order valence-electron chi connectivity index (χ4n) is 3.07. The van der Waals surface area contributed by atoms with Crippen LogP contribution in [0.1, 0.15) is 5.56 Å². The lowest BCUT2D eigenvalue weighted by molar-refractivity contribution is -0.118. The molecule has 33 heavy (non-hydrogen) atoms. The fraction of sp³-hybridized carbons (Fsp3) is 0.364. The van der Waals surface area contributed by atoms with E-state index in [2.05, 4.69) is 4.40 Å². The minimum absolute atomic E-state index is 0.0667. The van der Waals surface area contributed by atoms with Gasteiger partial charge >= 0.3 is 10.2 Å². The molecular formula is C22H29N3O7S. The summed E-state index contributed by atoms with van der Waals surface area (Å²) in [5.74, 6) is 0.956. The van der Waals surface area contributed by atoms with E-state index in [1.165, 1.54) is 40.7 Å². The Kier molecular flexibility index (Phi) is 9.06. The van der Waals surface area contributed by atoms with Crippen LogP contribution in [0.25, 0.3) is 0 Å². The summed E-state index contributed by atoms with van der Waals surface area (Å²) < 4.78 is 52.0. The van der Waals surface area contributed by atoms with Crippen LogP contribution in [0.5, 0.6) is 23.0 Å². The minimum Gasteiger partial charge on any atom is -0.496 e. The molecule has 11 heteroatoms. The molecule has 0 aliphatic heterocycles. The van der Waals surface area contributed by atoms with Crippen molar-refractivity contribution in [1.82, 2.24) is 4.90 Å². The van der Waals surface area contributed by atoms with Gasteiger partial charge in [-0.2, -0.15) is 17.1 Å². The molecule has 0 N–H and O–H groups in total. The second kappa shape index (κ2) is 11.5. The van der Waals surface area contributed by atoms with Gasteiger partial charge in [0.25, 0.3) is 5.91 Å². The van der Waals surface area contributed by atoms with Gasteiger partial charge in [0.2, 0.25) is 0 Å². The van der Waals surface area contributed by atoms with Crippen LogP contribution in [0.4, 0.5) is 5.69 Å². The normalized spacial score (nSPS) is 11.5. The first-order chi connectivity index (χ1) is 15.7. The molecule has 2 rings (SSSR count). The molecule has 10 nitrogen and oxygen atoms in total. The van der Waals surface area contributed by atoms with Crippen LogP contribution in [-0.4, -0.2) is 74.5 Å². The average Bonchev–Trinajstić information content (AvgIpc) is 2.78. The molecule has 0 fully saturated rings. The molecule has 0 atom stereocenters. The number of likely N-dealkylation sites (N-methyl/N-ethyl adjacent to an activating group) is 1. The molecule has 0 unspecified atom stereocenters. The Morgan fingerprint density at radius 1 is 0.939 bits per heavy atom. The summed E-state index contributed by atoms with van der Waals surface area (Å²) >= 11 is 0. The van der Waals surface area contributed by atoms with Gasteiger partial charge in [0.05, 0.1) is 35.0 Å². The highest BCUT2D eigenvalue weighted by Crippen LogP contribution is 2.34. The van der Waals surface area contributed by atoms with E-state index in [4.69, 9.17) is 18.9 Å². The third-order valence-electron chi connectivity index (χ3n) is 4.53. The van der Waals surface area contributed by atoms with Gasteiger partial charge in [-0.05, 0) is 26.2 Å². The van der Waals surface area contributed by atoms with Crippen molar-refractivity contribution in [2.45, 2.75) is 6.42 Å². The number of nitrogens with zero attached hydrogens (tertiary/aromatic N) is 3. The molecule has 2 aromatic carbocycles. The first kappa shape index (κ1) is 25.9. The lowest BCUT2D eigenvalue weighted by atomic mass is 10.1. The molecule has 2 aromatic rings. The Labute approximate surface area is 194 Å². The van der Waals surface area contributed by atoms with E-state index < -0.39 is 16.1 Å². The molecule has 1 amide bonds. The Balaban J connectivity index is 2.46. The highest BCUT2D eigenvalue weighted by molar-refractivity contribution is 7.92. The molecule has 180 valence electrons. The van der Waals surface area contributed by atoms with Crippen LogP contribution in [0, 0.1) is 0 Å². The number of hydrogen-bond donors (Lipinski definition) is 0. The number of ether oxygens (including phenoxy) is 4. The molecule has 0 saturated carbocycles. The van der Waals surface area contributed by atoms with Gasteiger partial charge in [-0.25, -0.2) is 0 Å². The van der Waals surface area contributed by atoms with Crippen molar-refractivity contribution in [2.24, 2.45) is 4.40 Å². The third kappa shape index (κ3) is 6.36. The number of benzene rings is 2. The Morgan fingerprint density at radius 2 is 1.52 bits per heavy atom. The summed E-state index contributed by atoms with van der Waals surface area (Å²) in [4.78, 5) is 14.5. The number of rotatable bonds is 11. The Bertz CT molecular complexity index is 1080. The summed E-state index contributed by atoms with van der Waals surface area (Å²) in [7, 11) is 4.76. The number of methoxy groups -OCH3 is 4. The molecular weight excluding hydrogens is 450 g/mol. The molecule has 0 aliphatic rings. The van der Waals surface area contributed by atoms with Gasteiger partial charge in [-0.3, -0.25) is 4.79 Å². The van der Waals surface area contributed by atoms with Crippen molar-refractivity contribution in [3.05, 3.63) is 42.0 Å². The second-order valence-corrected chi connectivity index (χ2v) is 8.52. The lowest BCUT2D eigenvalue weighted by Gasteiger charge is -2.23. The molecule has 0 bridgehead atoms. The maximum atomic E-state index is 13.2. The fourth-order valence-corrected chi connectivity index (χ4v) is 4.14. The molecule has 0 radical (unpaired) electrons. The topological polar surface area (TPSA) is 107 Å². The lowest BCUT2D eigenvalue weighted by Crippen LogP contribution is -2.41. The zero-order chi connectivity index (χ0) is 24.6. The first-order valence-corrected chi connectivity index (χ1v) is 11.3. The van der Waals surface area contributed by atoms with Crippen LogP contribution in [-0.2, 0) is 21.4 Å². The van der Waals surface area contributed by atoms with Gasteiger partial charge < -0.3 is 23.8 Å². The number of carbonyl (C=O) groups excluding carboxylic acids is 1. The van der Waals surface area contributed by atoms with Crippen LogP contribution in [0.15, 0.2) is 40.8 Å². The Hall–Kier alpha value is -3.31. The highest BCUT2D eigenvalue weighted by atomic mass is 32.2. The molecule has 0 aromatic heterocycles. The molecule has 0 spiro atoms. The number of para-hydroxylation sites is 2. The first-order valence-electron chi connectivity index (χ1n) is 9.87. The number of carbonyl (C=O) groups is 1. The Morgan fingerprint density at radius 3 is 2.03 bits per heavy atom. The van der Waals surface area contributed by atoms with Crippen molar-refractivity contribution in [2.75, 3.05) is 53.4 Å². The minimum atomic E-state index is -4.43. The van der Waals surface area contributed by atoms with E-state index in [0.717, 1.165) is 0 Å². The summed E-state index contributed by atoms with van der Waals surface area (Å²) in [6.45, 7) is -0.146. The summed E-state index contributed by atoms with van der Waals surface area (Å²) in [6.07, 6.45) is 1.25. The predicted octanol–water partition coefficient (Wildman–Crippen LogP) is 2.17. The molecule has 0 saturated heterocycles. The molecule has 0 heterocycles. The SMILES string of the molecule is COc1cc(OC)c(CC=NS(=O)(=O)N(C(=O)CN(C)C)c2ccccc2OC)c(OC)c1. The van der Waals surface area contributed by atoms with E-state index in [1.807, 2.05) is 0 Å². The van der Waals surface area contributed by atoms with Crippen molar-refractivity contribution in [3.63, 3.8) is 0 Å². The zero-order valence-electron chi connectivity index (χ0n) is 19.6. The highest BCUT2D eigenvalue weighted by Gasteiger charge is 2.31. The maximum Gasteiger partial charge on any atom is 0.351 e. The third-order valence-corrected chi connectivity index (χ3v) is 5.81. The van der Waals surface area contributed by atoms with Gasteiger partial charge in [0, 0.05) is 30.3 Å². The van der Waals surface area contributed by atoms with Crippen molar-refractivity contribution in [3.8, 4) is 23.0 Å². The average molecular weight is 480 g/mol. The van der Waals surface area contributed by atoms with Crippen LogP contribution >= 0.6 is 0 Å². The monoisotopic (exact) mass is 479 g/mol. The molecule has 0 aliphatic carbocycles. The van der Waals surface area contributed by atoms with E-state index in [9.17, 15) is 13.2 Å². The second-order valence-electron chi connectivity index (χ2n) is 7.05. The van der Waals surface area contributed by atoms with Crippen LogP contribution in [0.3, 0.4) is 0 Å². The quantitative estimate of drug-likeness (QED) is 0.452. The number of amides is 1. The number of anilines is 1.